The highest BCUT2D eigenvalue weighted by Crippen LogP contribution is 2.25. The molecule has 1 heterocycles. The maximum atomic E-state index is 10.3. The summed E-state index contributed by atoms with van der Waals surface area (Å²) in [5, 5.41) is 7.66. The first-order chi connectivity index (χ1) is 14.6. The Morgan fingerprint density at radius 1 is 1.13 bits per heavy atom. The summed E-state index contributed by atoms with van der Waals surface area (Å²) in [5.41, 5.74) is 4.31. The molecule has 0 atom stereocenters. The Hall–Kier alpha value is -2.99. The van der Waals surface area contributed by atoms with Gasteiger partial charge in [-0.15, -0.1) is 0 Å². The van der Waals surface area contributed by atoms with Crippen LogP contribution >= 0.6 is 0 Å². The van der Waals surface area contributed by atoms with E-state index in [0.29, 0.717) is 30.1 Å². The van der Waals surface area contributed by atoms with Crippen LogP contribution in [-0.4, -0.2) is 28.8 Å². The van der Waals surface area contributed by atoms with Crippen molar-refractivity contribution in [2.75, 3.05) is 0 Å². The minimum atomic E-state index is 0.0588. The highest BCUT2D eigenvalue weighted by Gasteiger charge is 2.29. The van der Waals surface area contributed by atoms with E-state index in [0.717, 1.165) is 42.5 Å². The first-order valence-electron chi connectivity index (χ1n) is 10.5. The lowest BCUT2D eigenvalue weighted by Crippen LogP contribution is -2.44. The molecule has 0 saturated heterocycles. The topological polar surface area (TPSA) is 77.3 Å². The van der Waals surface area contributed by atoms with E-state index in [1.54, 1.807) is 0 Å². The maximum Gasteiger partial charge on any atom is 0.293 e. The number of ether oxygens (including phenoxy) is 1. The van der Waals surface area contributed by atoms with Gasteiger partial charge in [-0.1, -0.05) is 49.3 Å². The lowest BCUT2D eigenvalue weighted by molar-refractivity contribution is -0.138. The van der Waals surface area contributed by atoms with Crippen molar-refractivity contribution in [1.82, 2.24) is 15.5 Å². The Kier molecular flexibility index (Phi) is 6.23. The SMILES string of the molecule is CC(C)Cc1ccc(-c2nc(-c3cccc(CNC4CC(OC=O)C4)c3)no2)cc1. The number of rotatable bonds is 9. The fourth-order valence-electron chi connectivity index (χ4n) is 3.72. The summed E-state index contributed by atoms with van der Waals surface area (Å²) in [6.45, 7) is 5.71. The highest BCUT2D eigenvalue weighted by atomic mass is 16.5. The van der Waals surface area contributed by atoms with Crippen LogP contribution in [0.25, 0.3) is 22.8 Å². The molecule has 1 saturated carbocycles. The average Bonchev–Trinajstić information content (AvgIpc) is 3.20. The predicted octanol–water partition coefficient (Wildman–Crippen LogP) is 4.40. The lowest BCUT2D eigenvalue weighted by Gasteiger charge is -2.34. The molecule has 0 spiro atoms. The minimum Gasteiger partial charge on any atom is -0.464 e. The highest BCUT2D eigenvalue weighted by molar-refractivity contribution is 5.60. The van der Waals surface area contributed by atoms with Crippen LogP contribution in [0.5, 0.6) is 0 Å². The van der Waals surface area contributed by atoms with Crippen molar-refractivity contribution in [3.8, 4) is 22.8 Å². The molecule has 2 aromatic carbocycles. The van der Waals surface area contributed by atoms with Crippen molar-refractivity contribution in [1.29, 1.82) is 0 Å². The fraction of sp³-hybridized carbons (Fsp3) is 0.375. The van der Waals surface area contributed by atoms with Crippen LogP contribution in [0.2, 0.25) is 0 Å². The molecule has 1 fully saturated rings. The summed E-state index contributed by atoms with van der Waals surface area (Å²) in [7, 11) is 0. The van der Waals surface area contributed by atoms with Gasteiger partial charge < -0.3 is 14.6 Å². The molecule has 6 heteroatoms. The van der Waals surface area contributed by atoms with E-state index >= 15 is 0 Å². The van der Waals surface area contributed by atoms with Gasteiger partial charge in [0.15, 0.2) is 0 Å². The zero-order chi connectivity index (χ0) is 20.9. The quantitative estimate of drug-likeness (QED) is 0.532. The molecule has 1 aromatic heterocycles. The van der Waals surface area contributed by atoms with Gasteiger partial charge in [0.1, 0.15) is 6.10 Å². The predicted molar refractivity (Wildman–Crippen MR) is 115 cm³/mol. The number of hydrogen-bond donors (Lipinski definition) is 1. The van der Waals surface area contributed by atoms with Crippen LogP contribution in [0.4, 0.5) is 0 Å². The Balaban J connectivity index is 1.38. The van der Waals surface area contributed by atoms with Crippen molar-refractivity contribution in [3.63, 3.8) is 0 Å². The van der Waals surface area contributed by atoms with Crippen LogP contribution in [-0.2, 0) is 22.5 Å². The van der Waals surface area contributed by atoms with E-state index in [1.165, 1.54) is 5.56 Å². The van der Waals surface area contributed by atoms with Crippen molar-refractivity contribution < 1.29 is 14.1 Å². The molecule has 6 nitrogen and oxygen atoms in total. The van der Waals surface area contributed by atoms with Gasteiger partial charge in [0.2, 0.25) is 5.82 Å². The van der Waals surface area contributed by atoms with Crippen molar-refractivity contribution in [2.24, 2.45) is 5.92 Å². The molecule has 4 rings (SSSR count). The first kappa shape index (κ1) is 20.3. The van der Waals surface area contributed by atoms with Crippen molar-refractivity contribution >= 4 is 6.47 Å². The summed E-state index contributed by atoms with van der Waals surface area (Å²) >= 11 is 0. The molecular weight excluding hydrogens is 378 g/mol. The van der Waals surface area contributed by atoms with Crippen molar-refractivity contribution in [3.05, 3.63) is 59.7 Å². The maximum absolute atomic E-state index is 10.3. The second-order valence-corrected chi connectivity index (χ2v) is 8.32. The van der Waals surface area contributed by atoms with Gasteiger partial charge in [0.05, 0.1) is 0 Å². The van der Waals surface area contributed by atoms with Gasteiger partial charge in [-0.25, -0.2) is 0 Å². The van der Waals surface area contributed by atoms with E-state index in [4.69, 9.17) is 9.26 Å². The van der Waals surface area contributed by atoms with Gasteiger partial charge in [-0.05, 0) is 54.5 Å². The summed E-state index contributed by atoms with van der Waals surface area (Å²) in [6.07, 6.45) is 2.84. The van der Waals surface area contributed by atoms with E-state index < -0.39 is 0 Å². The van der Waals surface area contributed by atoms with Gasteiger partial charge >= 0.3 is 0 Å². The standard InChI is InChI=1S/C24H27N3O3/c1-16(2)10-17-6-8-19(9-7-17)24-26-23(27-30-24)20-5-3-4-18(11-20)14-25-21-12-22(13-21)29-15-28/h3-9,11,15-16,21-22,25H,10,12-14H2,1-2H3. The number of nitrogens with zero attached hydrogens (tertiary/aromatic N) is 2. The van der Waals surface area contributed by atoms with E-state index in [1.807, 2.05) is 24.3 Å². The summed E-state index contributed by atoms with van der Waals surface area (Å²) in [4.78, 5) is 14.9. The van der Waals surface area contributed by atoms with Crippen LogP contribution < -0.4 is 5.32 Å². The largest absolute Gasteiger partial charge is 0.464 e. The molecule has 0 bridgehead atoms. The molecule has 0 aliphatic heterocycles. The average molecular weight is 405 g/mol. The summed E-state index contributed by atoms with van der Waals surface area (Å²) in [5.74, 6) is 1.74. The number of carbonyl (C=O) groups is 1. The zero-order valence-electron chi connectivity index (χ0n) is 17.4. The smallest absolute Gasteiger partial charge is 0.293 e. The molecule has 156 valence electrons. The summed E-state index contributed by atoms with van der Waals surface area (Å²) < 4.78 is 10.5. The molecule has 30 heavy (non-hydrogen) atoms. The monoisotopic (exact) mass is 405 g/mol. The Morgan fingerprint density at radius 3 is 2.67 bits per heavy atom. The number of aromatic nitrogens is 2. The van der Waals surface area contributed by atoms with Crippen LogP contribution in [0, 0.1) is 5.92 Å². The summed E-state index contributed by atoms with van der Waals surface area (Å²) in [6, 6.07) is 16.8. The third-order valence-corrected chi connectivity index (χ3v) is 5.39. The first-order valence-corrected chi connectivity index (χ1v) is 10.5. The van der Waals surface area contributed by atoms with Crippen LogP contribution in [0.3, 0.4) is 0 Å². The van der Waals surface area contributed by atoms with Gasteiger partial charge in [0, 0.05) is 23.7 Å². The zero-order valence-corrected chi connectivity index (χ0v) is 17.4. The van der Waals surface area contributed by atoms with Gasteiger partial charge in [0.25, 0.3) is 12.4 Å². The van der Waals surface area contributed by atoms with Crippen LogP contribution in [0.15, 0.2) is 53.1 Å². The molecule has 0 amide bonds. The van der Waals surface area contributed by atoms with E-state index in [2.05, 4.69) is 53.6 Å². The van der Waals surface area contributed by atoms with E-state index in [9.17, 15) is 4.79 Å². The molecule has 0 radical (unpaired) electrons. The second kappa shape index (κ2) is 9.22. The Labute approximate surface area is 176 Å². The third-order valence-electron chi connectivity index (χ3n) is 5.39. The van der Waals surface area contributed by atoms with Crippen molar-refractivity contribution in [2.45, 2.75) is 51.8 Å². The minimum absolute atomic E-state index is 0.0588. The molecular formula is C24H27N3O3. The molecule has 1 aliphatic carbocycles. The number of nitrogens with one attached hydrogen (secondary N) is 1. The molecule has 3 aromatic rings. The van der Waals surface area contributed by atoms with E-state index in [-0.39, 0.29) is 6.10 Å². The number of benzene rings is 2. The second-order valence-electron chi connectivity index (χ2n) is 8.32. The molecule has 0 unspecified atom stereocenters. The number of carbonyl (C=O) groups excluding carboxylic acids is 1. The fourth-order valence-corrected chi connectivity index (χ4v) is 3.72. The van der Waals surface area contributed by atoms with Crippen LogP contribution in [0.1, 0.15) is 37.8 Å². The molecule has 1 aliphatic rings. The lowest BCUT2D eigenvalue weighted by atomic mass is 9.89. The Bertz CT molecular complexity index is 975. The number of hydrogen-bond acceptors (Lipinski definition) is 6. The molecule has 1 N–H and O–H groups in total. The van der Waals surface area contributed by atoms with Gasteiger partial charge in [-0.3, -0.25) is 4.79 Å². The van der Waals surface area contributed by atoms with Gasteiger partial charge in [-0.2, -0.15) is 4.98 Å². The normalized spacial score (nSPS) is 18.2. The third kappa shape index (κ3) is 4.94. The Morgan fingerprint density at radius 2 is 1.93 bits per heavy atom.